The monoisotopic (exact) mass is 434 g/mol. The molecule has 0 atom stereocenters. The van der Waals surface area contributed by atoms with Crippen molar-refractivity contribution in [1.82, 2.24) is 5.32 Å². The first-order chi connectivity index (χ1) is 13.6. The molecule has 0 spiro atoms. The van der Waals surface area contributed by atoms with Gasteiger partial charge in [-0.1, -0.05) is 11.6 Å². The summed E-state index contributed by atoms with van der Waals surface area (Å²) in [5.41, 5.74) is -4.07. The summed E-state index contributed by atoms with van der Waals surface area (Å²) in [7, 11) is 0. The van der Waals surface area contributed by atoms with Gasteiger partial charge >= 0.3 is 12.0 Å². The summed E-state index contributed by atoms with van der Waals surface area (Å²) < 4.78 is 69.8. The van der Waals surface area contributed by atoms with Crippen molar-refractivity contribution in [3.05, 3.63) is 51.8 Å². The molecule has 2 N–H and O–H groups in total. The van der Waals surface area contributed by atoms with Crippen LogP contribution in [-0.2, 0) is 4.79 Å². The zero-order valence-electron chi connectivity index (χ0n) is 14.0. The molecule has 152 valence electrons. The van der Waals surface area contributed by atoms with Crippen LogP contribution in [0.2, 0.25) is 5.02 Å². The van der Waals surface area contributed by atoms with Gasteiger partial charge in [-0.25, -0.2) is 31.5 Å². The summed E-state index contributed by atoms with van der Waals surface area (Å²) in [4.78, 5) is 35.8. The number of carbonyl (C=O) groups is 3. The molecule has 0 saturated carbocycles. The molecule has 2 aromatic carbocycles. The molecular formula is C17H8ClF5N2O4. The number of aromatic carboxylic acids is 1. The first-order valence-electron chi connectivity index (χ1n) is 7.75. The standard InChI is InChI=1S/C17H8ClF5N2O4/c18-6-2-1-5(16(27)28)8(15(6)25-4-3-7(26)24-17(25)29)9-10(19)12(21)14(23)13(22)11(9)20/h1-2H,3-4H2,(H,27,28)(H,24,26,29). The minimum Gasteiger partial charge on any atom is -0.478 e. The normalized spacial score (nSPS) is 14.2. The predicted molar refractivity (Wildman–Crippen MR) is 89.1 cm³/mol. The van der Waals surface area contributed by atoms with E-state index in [1.165, 1.54) is 0 Å². The van der Waals surface area contributed by atoms with Gasteiger partial charge in [0.2, 0.25) is 11.7 Å². The number of rotatable bonds is 3. The summed E-state index contributed by atoms with van der Waals surface area (Å²) in [5.74, 6) is -14.1. The number of nitrogens with one attached hydrogen (secondary N) is 1. The van der Waals surface area contributed by atoms with Crippen LogP contribution in [0.4, 0.5) is 32.4 Å². The van der Waals surface area contributed by atoms with Crippen LogP contribution in [0.5, 0.6) is 0 Å². The van der Waals surface area contributed by atoms with Crippen LogP contribution in [-0.4, -0.2) is 29.6 Å². The Labute approximate surface area is 163 Å². The summed E-state index contributed by atoms with van der Waals surface area (Å²) in [6, 6.07) is 0.643. The number of hydrogen-bond donors (Lipinski definition) is 2. The first-order valence-corrected chi connectivity index (χ1v) is 8.13. The van der Waals surface area contributed by atoms with Crippen LogP contribution in [0.25, 0.3) is 11.1 Å². The lowest BCUT2D eigenvalue weighted by molar-refractivity contribution is -0.120. The van der Waals surface area contributed by atoms with Gasteiger partial charge in [-0.15, -0.1) is 0 Å². The number of urea groups is 1. The Balaban J connectivity index is 2.44. The van der Waals surface area contributed by atoms with E-state index in [0.717, 1.165) is 12.1 Å². The Morgan fingerprint density at radius 2 is 1.52 bits per heavy atom. The van der Waals surface area contributed by atoms with Gasteiger partial charge in [0.25, 0.3) is 0 Å². The van der Waals surface area contributed by atoms with Gasteiger partial charge in [0.05, 0.1) is 21.8 Å². The lowest BCUT2D eigenvalue weighted by atomic mass is 9.95. The second-order valence-electron chi connectivity index (χ2n) is 5.82. The summed E-state index contributed by atoms with van der Waals surface area (Å²) in [6.07, 6.45) is -0.282. The van der Waals surface area contributed by atoms with E-state index in [2.05, 4.69) is 0 Å². The molecule has 0 unspecified atom stereocenters. The molecule has 1 saturated heterocycles. The maximum absolute atomic E-state index is 14.4. The third kappa shape index (κ3) is 3.27. The molecule has 1 aliphatic rings. The smallest absolute Gasteiger partial charge is 0.336 e. The molecule has 0 radical (unpaired) electrons. The number of amides is 3. The number of imide groups is 1. The fraction of sp³-hybridized carbons (Fsp3) is 0.118. The topological polar surface area (TPSA) is 86.7 Å². The molecule has 1 fully saturated rings. The van der Waals surface area contributed by atoms with Gasteiger partial charge in [-0.2, -0.15) is 0 Å². The summed E-state index contributed by atoms with van der Waals surface area (Å²) in [6.45, 7) is -0.379. The van der Waals surface area contributed by atoms with Crippen molar-refractivity contribution in [2.75, 3.05) is 11.4 Å². The van der Waals surface area contributed by atoms with Gasteiger partial charge in [-0.05, 0) is 12.1 Å². The highest BCUT2D eigenvalue weighted by molar-refractivity contribution is 6.35. The number of halogens is 6. The van der Waals surface area contributed by atoms with Gasteiger partial charge in [0, 0.05) is 18.5 Å². The van der Waals surface area contributed by atoms with Crippen molar-refractivity contribution in [1.29, 1.82) is 0 Å². The molecule has 2 aromatic rings. The molecule has 0 aromatic heterocycles. The highest BCUT2D eigenvalue weighted by Crippen LogP contribution is 2.43. The van der Waals surface area contributed by atoms with E-state index in [0.29, 0.717) is 4.90 Å². The molecular weight excluding hydrogens is 427 g/mol. The van der Waals surface area contributed by atoms with E-state index in [4.69, 9.17) is 11.6 Å². The zero-order chi connectivity index (χ0) is 21.6. The molecule has 0 bridgehead atoms. The van der Waals surface area contributed by atoms with Crippen molar-refractivity contribution >= 4 is 35.2 Å². The number of benzene rings is 2. The third-order valence-electron chi connectivity index (χ3n) is 4.14. The predicted octanol–water partition coefficient (Wildman–Crippen LogP) is 3.85. The Hall–Kier alpha value is -3.21. The van der Waals surface area contributed by atoms with E-state index in [-0.39, 0.29) is 13.0 Å². The van der Waals surface area contributed by atoms with Gasteiger partial charge in [0.1, 0.15) is 0 Å². The molecule has 3 amide bonds. The summed E-state index contributed by atoms with van der Waals surface area (Å²) >= 11 is 6.00. The van der Waals surface area contributed by atoms with Crippen LogP contribution >= 0.6 is 11.6 Å². The van der Waals surface area contributed by atoms with E-state index < -0.39 is 74.4 Å². The number of carboxylic acids is 1. The quantitative estimate of drug-likeness (QED) is 0.436. The van der Waals surface area contributed by atoms with Crippen molar-refractivity contribution in [3.8, 4) is 11.1 Å². The lowest BCUT2D eigenvalue weighted by Gasteiger charge is -2.30. The zero-order valence-corrected chi connectivity index (χ0v) is 14.7. The molecule has 1 aliphatic heterocycles. The SMILES string of the molecule is O=C1CCN(c2c(Cl)ccc(C(=O)O)c2-c2c(F)c(F)c(F)c(F)c2F)C(=O)N1. The van der Waals surface area contributed by atoms with Gasteiger partial charge < -0.3 is 5.11 Å². The summed E-state index contributed by atoms with van der Waals surface area (Å²) in [5, 5.41) is 10.9. The number of carboxylic acid groups (broad SMARTS) is 1. The van der Waals surface area contributed by atoms with Crippen molar-refractivity contribution in [2.24, 2.45) is 0 Å². The molecule has 0 aliphatic carbocycles. The fourth-order valence-corrected chi connectivity index (χ4v) is 3.12. The highest BCUT2D eigenvalue weighted by atomic mass is 35.5. The first kappa shape index (κ1) is 20.5. The number of hydrogen-bond acceptors (Lipinski definition) is 3. The molecule has 12 heteroatoms. The largest absolute Gasteiger partial charge is 0.478 e. The Morgan fingerprint density at radius 1 is 0.966 bits per heavy atom. The highest BCUT2D eigenvalue weighted by Gasteiger charge is 2.35. The lowest BCUT2D eigenvalue weighted by Crippen LogP contribution is -2.50. The Bertz CT molecular complexity index is 1060. The average Bonchev–Trinajstić information content (AvgIpc) is 2.66. The molecule has 6 nitrogen and oxygen atoms in total. The van der Waals surface area contributed by atoms with Crippen molar-refractivity contribution < 1.29 is 41.4 Å². The maximum Gasteiger partial charge on any atom is 0.336 e. The third-order valence-corrected chi connectivity index (χ3v) is 4.45. The number of nitrogens with zero attached hydrogens (tertiary/aromatic N) is 1. The second-order valence-corrected chi connectivity index (χ2v) is 6.23. The van der Waals surface area contributed by atoms with E-state index >= 15 is 0 Å². The van der Waals surface area contributed by atoms with Crippen LogP contribution in [0.1, 0.15) is 16.8 Å². The maximum atomic E-state index is 14.4. The molecule has 3 rings (SSSR count). The number of carbonyl (C=O) groups excluding carboxylic acids is 2. The minimum absolute atomic E-state index is 0.282. The van der Waals surface area contributed by atoms with Crippen LogP contribution in [0, 0.1) is 29.1 Å². The Morgan fingerprint density at radius 3 is 2.03 bits per heavy atom. The van der Waals surface area contributed by atoms with Crippen molar-refractivity contribution in [3.63, 3.8) is 0 Å². The van der Waals surface area contributed by atoms with Gasteiger partial charge in [0.15, 0.2) is 23.3 Å². The molecule has 1 heterocycles. The van der Waals surface area contributed by atoms with Gasteiger partial charge in [-0.3, -0.25) is 15.0 Å². The van der Waals surface area contributed by atoms with Crippen LogP contribution in [0.3, 0.4) is 0 Å². The van der Waals surface area contributed by atoms with E-state index in [9.17, 15) is 41.4 Å². The average molecular weight is 435 g/mol. The van der Waals surface area contributed by atoms with Crippen LogP contribution < -0.4 is 10.2 Å². The molecule has 29 heavy (non-hydrogen) atoms. The second kappa shape index (κ2) is 7.32. The van der Waals surface area contributed by atoms with Crippen molar-refractivity contribution in [2.45, 2.75) is 6.42 Å². The number of anilines is 1. The fourth-order valence-electron chi connectivity index (χ4n) is 2.86. The van der Waals surface area contributed by atoms with E-state index in [1.54, 1.807) is 0 Å². The van der Waals surface area contributed by atoms with E-state index in [1.807, 2.05) is 5.32 Å². The minimum atomic E-state index is -2.44. The van der Waals surface area contributed by atoms with Crippen LogP contribution in [0.15, 0.2) is 12.1 Å². The Kier molecular flexibility index (Phi) is 5.18.